The predicted molar refractivity (Wildman–Crippen MR) is 260 cm³/mol. The van der Waals surface area contributed by atoms with Crippen LogP contribution in [-0.2, 0) is 0 Å². The van der Waals surface area contributed by atoms with Crippen molar-refractivity contribution in [3.05, 3.63) is 130 Å². The summed E-state index contributed by atoms with van der Waals surface area (Å²) in [7, 11) is 1.69. The zero-order chi connectivity index (χ0) is 41.7. The van der Waals surface area contributed by atoms with Crippen LogP contribution in [-0.4, -0.2) is 128 Å². The Morgan fingerprint density at radius 3 is 1.00 bits per heavy atom. The highest BCUT2D eigenvalue weighted by molar-refractivity contribution is 8.14. The number of thioether (sulfide) groups is 4. The maximum absolute atomic E-state index is 9.21. The van der Waals surface area contributed by atoms with Gasteiger partial charge in [-0.15, -0.1) is 0 Å². The van der Waals surface area contributed by atoms with Crippen LogP contribution in [0, 0.1) is 13.8 Å². The quantitative estimate of drug-likeness (QED) is 0.210. The van der Waals surface area contributed by atoms with Crippen LogP contribution in [0.4, 0.5) is 0 Å². The van der Waals surface area contributed by atoms with Gasteiger partial charge in [0.1, 0.15) is 11.5 Å². The smallest absolute Gasteiger partial charge is 0.160 e. The first-order chi connectivity index (χ1) is 29.8. The second kappa shape index (κ2) is 19.4. The van der Waals surface area contributed by atoms with Gasteiger partial charge in [0.2, 0.25) is 0 Å². The molecule has 12 rings (SSSR count). The van der Waals surface area contributed by atoms with E-state index in [4.69, 9.17) is 19.7 Å². The summed E-state index contributed by atoms with van der Waals surface area (Å²) in [6.45, 7) is 13.0. The van der Waals surface area contributed by atoms with Crippen LogP contribution in [0.2, 0.25) is 0 Å². The number of rotatable bonds is 5. The summed E-state index contributed by atoms with van der Waals surface area (Å²) < 4.78 is 5.16. The first-order valence-corrected chi connectivity index (χ1v) is 25.2. The number of hydrogen-bond donors (Lipinski definition) is 1. The van der Waals surface area contributed by atoms with E-state index >= 15 is 0 Å². The lowest BCUT2D eigenvalue weighted by Crippen LogP contribution is -2.21. The third-order valence-electron chi connectivity index (χ3n) is 11.8. The standard InChI is InChI=1S/C12H14N2OS.2C12H14N2S.C11H12N2OS/c1-15-10-4-2-9(3-5-10)11-8-14-6-7-16-12(14)13-11;2*1-9-2-4-10(5-3-9)11-8-14-6-7-15-12(14)13-11;14-9-3-1-8(2-4-9)10-7-13-5-6-15-11(13)12-10/h2-5,11H,6-8H2,1H3;2*2-5,11H,6-8H2,1H3;1-4,10,14H,5-7H2/t2*11-;;10-/m11.1/s1. The molecule has 0 bridgehead atoms. The van der Waals surface area contributed by atoms with Gasteiger partial charge in [-0.3, -0.25) is 20.0 Å². The number of fused-ring (bicyclic) bond motifs is 4. The van der Waals surface area contributed by atoms with Gasteiger partial charge in [0.25, 0.3) is 0 Å². The number of aromatic hydroxyl groups is 1. The molecule has 1 unspecified atom stereocenters. The van der Waals surface area contributed by atoms with Crippen molar-refractivity contribution in [1.82, 2.24) is 19.6 Å². The van der Waals surface area contributed by atoms with E-state index in [0.717, 1.165) is 45.0 Å². The molecule has 0 aromatic heterocycles. The van der Waals surface area contributed by atoms with E-state index < -0.39 is 0 Å². The number of phenols is 1. The zero-order valence-corrected chi connectivity index (χ0v) is 38.4. The van der Waals surface area contributed by atoms with Gasteiger partial charge >= 0.3 is 0 Å². The lowest BCUT2D eigenvalue weighted by Gasteiger charge is -2.12. The largest absolute Gasteiger partial charge is 0.508 e. The van der Waals surface area contributed by atoms with E-state index in [1.807, 2.05) is 71.3 Å². The van der Waals surface area contributed by atoms with Gasteiger partial charge in [0.15, 0.2) is 20.7 Å². The highest BCUT2D eigenvalue weighted by Gasteiger charge is 2.33. The average molecular weight is 891 g/mol. The second-order valence-electron chi connectivity index (χ2n) is 16.1. The van der Waals surface area contributed by atoms with Gasteiger partial charge in [-0.2, -0.15) is 0 Å². The number of benzene rings is 4. The maximum atomic E-state index is 9.21. The van der Waals surface area contributed by atoms with E-state index in [9.17, 15) is 5.11 Å². The fourth-order valence-corrected chi connectivity index (χ4v) is 12.4. The molecule has 4 saturated heterocycles. The SMILES string of the molecule is COc1ccc([C@H]2CN3CCSC3=N2)cc1.Cc1ccc(C2CN3CCSC3=N2)cc1.Cc1ccc([C@H]2CN3CCSC3=N2)cc1.Oc1ccc([C@H]2CN3CCSC3=N2)cc1. The van der Waals surface area contributed by atoms with Crippen molar-refractivity contribution in [1.29, 1.82) is 0 Å². The molecule has 8 aliphatic heterocycles. The van der Waals surface area contributed by atoms with E-state index in [0.29, 0.717) is 23.9 Å². The number of nitrogens with zero attached hydrogens (tertiary/aromatic N) is 8. The number of aliphatic imine (C=N–C) groups is 4. The molecule has 4 aromatic carbocycles. The Hall–Kier alpha value is -4.24. The third-order valence-corrected chi connectivity index (χ3v) is 15.8. The summed E-state index contributed by atoms with van der Waals surface area (Å²) in [5, 5.41) is 14.1. The highest BCUT2D eigenvalue weighted by atomic mass is 32.2. The van der Waals surface area contributed by atoms with Crippen molar-refractivity contribution in [2.75, 3.05) is 82.5 Å². The monoisotopic (exact) mass is 890 g/mol. The van der Waals surface area contributed by atoms with Gasteiger partial charge in [0, 0.05) is 75.4 Å². The molecule has 0 radical (unpaired) electrons. The fraction of sp³-hybridized carbons (Fsp3) is 0.404. The Balaban J connectivity index is 0.000000104. The molecule has 8 aliphatic rings. The molecular formula is C47H54N8O2S4. The number of methoxy groups -OCH3 is 1. The number of amidine groups is 4. The van der Waals surface area contributed by atoms with Crippen molar-refractivity contribution in [3.63, 3.8) is 0 Å². The van der Waals surface area contributed by atoms with Crippen LogP contribution < -0.4 is 4.74 Å². The molecule has 4 fully saturated rings. The van der Waals surface area contributed by atoms with Crippen molar-refractivity contribution < 1.29 is 9.84 Å². The summed E-state index contributed by atoms with van der Waals surface area (Å²) in [4.78, 5) is 28.4. The van der Waals surface area contributed by atoms with Gasteiger partial charge in [-0.05, 0) is 60.4 Å². The Labute approximate surface area is 377 Å². The molecule has 0 amide bonds. The molecule has 318 valence electrons. The van der Waals surface area contributed by atoms with E-state index in [-0.39, 0.29) is 6.04 Å². The van der Waals surface area contributed by atoms with E-state index in [1.165, 1.54) is 90.2 Å². The van der Waals surface area contributed by atoms with E-state index in [1.54, 1.807) is 19.2 Å². The topological polar surface area (TPSA) is 91.9 Å². The number of aryl methyl sites for hydroxylation is 2. The predicted octanol–water partition coefficient (Wildman–Crippen LogP) is 8.92. The molecule has 1 N–H and O–H groups in total. The Bertz CT molecular complexity index is 2060. The van der Waals surface area contributed by atoms with Gasteiger partial charge in [-0.1, -0.05) is 131 Å². The van der Waals surface area contributed by atoms with Crippen LogP contribution in [0.3, 0.4) is 0 Å². The Morgan fingerprint density at radius 1 is 0.443 bits per heavy atom. The lowest BCUT2D eigenvalue weighted by atomic mass is 10.1. The summed E-state index contributed by atoms with van der Waals surface area (Å²) in [6, 6.07) is 34.4. The summed E-state index contributed by atoms with van der Waals surface area (Å²) in [5.41, 5.74) is 7.81. The van der Waals surface area contributed by atoms with E-state index in [2.05, 4.69) is 99.1 Å². The minimum Gasteiger partial charge on any atom is -0.508 e. The number of hydrogen-bond acceptors (Lipinski definition) is 14. The first kappa shape index (κ1) is 42.1. The minimum atomic E-state index is 0.258. The molecule has 0 aliphatic carbocycles. The average Bonchev–Trinajstić information content (AvgIpc) is 4.12. The minimum absolute atomic E-state index is 0.258. The number of phenolic OH excluding ortho intramolecular Hbond substituents is 1. The summed E-state index contributed by atoms with van der Waals surface area (Å²) >= 11 is 7.49. The fourth-order valence-electron chi connectivity index (χ4n) is 8.24. The van der Waals surface area contributed by atoms with Crippen LogP contribution in [0.15, 0.2) is 117 Å². The molecule has 0 spiro atoms. The Kier molecular flexibility index (Phi) is 13.4. The molecule has 14 heteroatoms. The van der Waals surface area contributed by atoms with Crippen molar-refractivity contribution >= 4 is 67.7 Å². The summed E-state index contributed by atoms with van der Waals surface area (Å²) in [5.74, 6) is 6.00. The number of ether oxygens (including phenoxy) is 1. The Morgan fingerprint density at radius 2 is 0.721 bits per heavy atom. The van der Waals surface area contributed by atoms with Gasteiger partial charge in [-0.25, -0.2) is 0 Å². The van der Waals surface area contributed by atoms with Crippen LogP contribution in [0.25, 0.3) is 0 Å². The normalized spacial score (nSPS) is 23.9. The molecular weight excluding hydrogens is 837 g/mol. The molecule has 4 aromatic rings. The van der Waals surface area contributed by atoms with Crippen LogP contribution in [0.1, 0.15) is 57.5 Å². The van der Waals surface area contributed by atoms with Crippen molar-refractivity contribution in [2.24, 2.45) is 20.0 Å². The van der Waals surface area contributed by atoms with Crippen LogP contribution >= 0.6 is 47.0 Å². The van der Waals surface area contributed by atoms with Crippen molar-refractivity contribution in [2.45, 2.75) is 38.0 Å². The molecule has 8 heterocycles. The molecule has 10 nitrogen and oxygen atoms in total. The molecule has 61 heavy (non-hydrogen) atoms. The summed E-state index contributed by atoms with van der Waals surface area (Å²) in [6.07, 6.45) is 0. The van der Waals surface area contributed by atoms with Crippen LogP contribution in [0.5, 0.6) is 11.5 Å². The highest BCUT2D eigenvalue weighted by Crippen LogP contribution is 2.36. The first-order valence-electron chi connectivity index (χ1n) is 21.2. The maximum Gasteiger partial charge on any atom is 0.160 e. The van der Waals surface area contributed by atoms with Gasteiger partial charge in [0.05, 0.1) is 31.3 Å². The third kappa shape index (κ3) is 10.2. The van der Waals surface area contributed by atoms with Gasteiger partial charge < -0.3 is 29.4 Å². The lowest BCUT2D eigenvalue weighted by molar-refractivity contribution is 0.414. The molecule has 0 saturated carbocycles. The second-order valence-corrected chi connectivity index (χ2v) is 20.3. The van der Waals surface area contributed by atoms with Crippen molar-refractivity contribution in [3.8, 4) is 11.5 Å². The zero-order valence-electron chi connectivity index (χ0n) is 35.1. The molecule has 4 atom stereocenters.